The molecule has 1 fully saturated rings. The van der Waals surface area contributed by atoms with Gasteiger partial charge in [-0.1, -0.05) is 12.1 Å². The van der Waals surface area contributed by atoms with E-state index in [9.17, 15) is 5.11 Å². The van der Waals surface area contributed by atoms with Crippen LogP contribution in [0, 0.1) is 5.92 Å². The predicted octanol–water partition coefficient (Wildman–Crippen LogP) is 1.34. The van der Waals surface area contributed by atoms with Gasteiger partial charge in [0.1, 0.15) is 5.75 Å². The zero-order valence-electron chi connectivity index (χ0n) is 8.94. The second-order valence-electron chi connectivity index (χ2n) is 3.94. The fraction of sp³-hybridized carbons (Fsp3) is 0.500. The van der Waals surface area contributed by atoms with Crippen molar-refractivity contribution in [3.63, 3.8) is 0 Å². The Morgan fingerprint density at radius 3 is 2.73 bits per heavy atom. The van der Waals surface area contributed by atoms with Gasteiger partial charge in [-0.3, -0.25) is 0 Å². The third-order valence-electron chi connectivity index (χ3n) is 3.06. The van der Waals surface area contributed by atoms with Crippen LogP contribution in [0.3, 0.4) is 0 Å². The Bertz CT molecular complexity index is 310. The Balaban J connectivity index is 2.14. The monoisotopic (exact) mass is 207 g/mol. The molecule has 1 saturated heterocycles. The molecule has 1 heterocycles. The zero-order chi connectivity index (χ0) is 10.7. The quantitative estimate of drug-likeness (QED) is 0.786. The van der Waals surface area contributed by atoms with Gasteiger partial charge in [0.15, 0.2) is 0 Å². The normalized spacial score (nSPS) is 25.5. The smallest absolute Gasteiger partial charge is 0.118 e. The molecule has 2 rings (SSSR count). The topological polar surface area (TPSA) is 41.5 Å². The SMILES string of the molecule is COc1ccc([C@H]2NCC[C@@H]2CO)cc1. The summed E-state index contributed by atoms with van der Waals surface area (Å²) in [7, 11) is 1.67. The van der Waals surface area contributed by atoms with Gasteiger partial charge < -0.3 is 15.2 Å². The Morgan fingerprint density at radius 2 is 2.13 bits per heavy atom. The highest BCUT2D eigenvalue weighted by atomic mass is 16.5. The molecule has 0 spiro atoms. The lowest BCUT2D eigenvalue weighted by Crippen LogP contribution is -2.19. The molecule has 82 valence electrons. The van der Waals surface area contributed by atoms with Gasteiger partial charge in [0.05, 0.1) is 7.11 Å². The van der Waals surface area contributed by atoms with Crippen molar-refractivity contribution in [1.82, 2.24) is 5.32 Å². The Hall–Kier alpha value is -1.06. The van der Waals surface area contributed by atoms with Crippen LogP contribution in [-0.2, 0) is 0 Å². The first-order valence-corrected chi connectivity index (χ1v) is 5.33. The molecule has 0 aliphatic carbocycles. The number of aliphatic hydroxyl groups is 1. The van der Waals surface area contributed by atoms with Gasteiger partial charge in [0, 0.05) is 18.6 Å². The summed E-state index contributed by atoms with van der Waals surface area (Å²) in [5.74, 6) is 1.22. The van der Waals surface area contributed by atoms with Crippen molar-refractivity contribution in [2.75, 3.05) is 20.3 Å². The molecule has 0 bridgehead atoms. The second kappa shape index (κ2) is 4.64. The summed E-state index contributed by atoms with van der Waals surface area (Å²) >= 11 is 0. The molecule has 1 aliphatic rings. The van der Waals surface area contributed by atoms with E-state index in [1.54, 1.807) is 7.11 Å². The van der Waals surface area contributed by atoms with Crippen molar-refractivity contribution in [3.8, 4) is 5.75 Å². The summed E-state index contributed by atoms with van der Waals surface area (Å²) in [4.78, 5) is 0. The van der Waals surface area contributed by atoms with Crippen LogP contribution in [0.5, 0.6) is 5.75 Å². The summed E-state index contributed by atoms with van der Waals surface area (Å²) in [6.07, 6.45) is 1.05. The number of rotatable bonds is 3. The largest absolute Gasteiger partial charge is 0.497 e. The van der Waals surface area contributed by atoms with Crippen molar-refractivity contribution in [3.05, 3.63) is 29.8 Å². The van der Waals surface area contributed by atoms with Gasteiger partial charge in [-0.15, -0.1) is 0 Å². The lowest BCUT2D eigenvalue weighted by Gasteiger charge is -2.18. The van der Waals surface area contributed by atoms with E-state index in [2.05, 4.69) is 17.4 Å². The minimum absolute atomic E-state index is 0.254. The maximum Gasteiger partial charge on any atom is 0.118 e. The molecule has 1 aromatic rings. The van der Waals surface area contributed by atoms with Crippen LogP contribution in [0.1, 0.15) is 18.0 Å². The molecule has 3 nitrogen and oxygen atoms in total. The molecule has 3 heteroatoms. The van der Waals surface area contributed by atoms with E-state index in [-0.39, 0.29) is 6.61 Å². The molecule has 1 aliphatic heterocycles. The lowest BCUT2D eigenvalue weighted by molar-refractivity contribution is 0.214. The van der Waals surface area contributed by atoms with Crippen molar-refractivity contribution < 1.29 is 9.84 Å². The van der Waals surface area contributed by atoms with Crippen molar-refractivity contribution in [1.29, 1.82) is 0 Å². The molecule has 1 aromatic carbocycles. The van der Waals surface area contributed by atoms with Gasteiger partial charge in [-0.05, 0) is 30.7 Å². The Kier molecular flexibility index (Phi) is 3.23. The third-order valence-corrected chi connectivity index (χ3v) is 3.06. The highest BCUT2D eigenvalue weighted by Gasteiger charge is 2.27. The maximum absolute atomic E-state index is 9.23. The van der Waals surface area contributed by atoms with Gasteiger partial charge in [0.2, 0.25) is 0 Å². The zero-order valence-corrected chi connectivity index (χ0v) is 8.94. The number of hydrogen-bond donors (Lipinski definition) is 2. The Labute approximate surface area is 90.1 Å². The first-order valence-electron chi connectivity index (χ1n) is 5.33. The minimum atomic E-state index is 0.254. The van der Waals surface area contributed by atoms with E-state index in [1.807, 2.05) is 12.1 Å². The molecule has 0 radical (unpaired) electrons. The van der Waals surface area contributed by atoms with E-state index in [0.29, 0.717) is 12.0 Å². The third kappa shape index (κ3) is 2.13. The van der Waals surface area contributed by atoms with Crippen LogP contribution in [0.4, 0.5) is 0 Å². The first-order chi connectivity index (χ1) is 7.35. The van der Waals surface area contributed by atoms with Crippen molar-refractivity contribution in [2.24, 2.45) is 5.92 Å². The summed E-state index contributed by atoms with van der Waals surface area (Å²) in [5, 5.41) is 12.6. The fourth-order valence-electron chi connectivity index (χ4n) is 2.16. The number of hydrogen-bond acceptors (Lipinski definition) is 3. The van der Waals surface area contributed by atoms with Gasteiger partial charge in [0.25, 0.3) is 0 Å². The van der Waals surface area contributed by atoms with Crippen LogP contribution >= 0.6 is 0 Å². The summed E-state index contributed by atoms with van der Waals surface area (Å²) in [6, 6.07) is 8.34. The van der Waals surface area contributed by atoms with Crippen molar-refractivity contribution in [2.45, 2.75) is 12.5 Å². The lowest BCUT2D eigenvalue weighted by atomic mass is 9.95. The fourth-order valence-corrected chi connectivity index (χ4v) is 2.16. The molecule has 0 aromatic heterocycles. The molecule has 0 unspecified atom stereocenters. The Morgan fingerprint density at radius 1 is 1.40 bits per heavy atom. The van der Waals surface area contributed by atoms with Crippen LogP contribution in [-0.4, -0.2) is 25.4 Å². The molecule has 2 N–H and O–H groups in total. The number of benzene rings is 1. The summed E-state index contributed by atoms with van der Waals surface area (Å²) < 4.78 is 5.12. The highest BCUT2D eigenvalue weighted by molar-refractivity contribution is 5.30. The predicted molar refractivity (Wildman–Crippen MR) is 58.9 cm³/mol. The number of aliphatic hydroxyl groups excluding tert-OH is 1. The van der Waals surface area contributed by atoms with E-state index >= 15 is 0 Å². The highest BCUT2D eigenvalue weighted by Crippen LogP contribution is 2.29. The van der Waals surface area contributed by atoms with Crippen LogP contribution in [0.25, 0.3) is 0 Å². The van der Waals surface area contributed by atoms with Crippen LogP contribution < -0.4 is 10.1 Å². The van der Waals surface area contributed by atoms with Crippen LogP contribution in [0.15, 0.2) is 24.3 Å². The number of nitrogens with one attached hydrogen (secondary N) is 1. The molecular weight excluding hydrogens is 190 g/mol. The van der Waals surface area contributed by atoms with Gasteiger partial charge in [-0.25, -0.2) is 0 Å². The summed E-state index contributed by atoms with van der Waals surface area (Å²) in [6.45, 7) is 1.24. The van der Waals surface area contributed by atoms with Crippen LogP contribution in [0.2, 0.25) is 0 Å². The van der Waals surface area contributed by atoms with Crippen molar-refractivity contribution >= 4 is 0 Å². The second-order valence-corrected chi connectivity index (χ2v) is 3.94. The molecule has 0 saturated carbocycles. The van der Waals surface area contributed by atoms with Gasteiger partial charge >= 0.3 is 0 Å². The van der Waals surface area contributed by atoms with E-state index in [1.165, 1.54) is 5.56 Å². The molecule has 0 amide bonds. The standard InChI is InChI=1S/C12H17NO2/c1-15-11-4-2-9(3-5-11)12-10(8-14)6-7-13-12/h2-5,10,12-14H,6-8H2,1H3/t10-,12-/m1/s1. The molecule has 15 heavy (non-hydrogen) atoms. The van der Waals surface area contributed by atoms with E-state index in [0.717, 1.165) is 18.7 Å². The maximum atomic E-state index is 9.23. The average molecular weight is 207 g/mol. The van der Waals surface area contributed by atoms with Gasteiger partial charge in [-0.2, -0.15) is 0 Å². The molecule has 2 atom stereocenters. The number of methoxy groups -OCH3 is 1. The summed E-state index contributed by atoms with van der Waals surface area (Å²) in [5.41, 5.74) is 1.23. The average Bonchev–Trinajstić information content (AvgIpc) is 2.77. The van der Waals surface area contributed by atoms with E-state index < -0.39 is 0 Å². The molecular formula is C12H17NO2. The first kappa shape index (κ1) is 10.5. The minimum Gasteiger partial charge on any atom is -0.497 e. The van der Waals surface area contributed by atoms with E-state index in [4.69, 9.17) is 4.74 Å². The number of ether oxygens (including phenoxy) is 1.